The highest BCUT2D eigenvalue weighted by atomic mass is 16.2. The standard InChI is InChI=1S/C18H33N3O2/c1-2-15(12-14-6-3-4-7-14)18(23)21-11-5-8-16(13-21)17(22)20-10-9-19/h14-16H,2-13,19H2,1H3,(H,20,22). The number of nitrogens with zero attached hydrogens (tertiary/aromatic N) is 1. The van der Waals surface area contributed by atoms with Crippen LogP contribution in [0.1, 0.15) is 58.3 Å². The van der Waals surface area contributed by atoms with Crippen molar-refractivity contribution in [1.82, 2.24) is 10.2 Å². The molecule has 1 saturated heterocycles. The SMILES string of the molecule is CCC(CC1CCCC1)C(=O)N1CCCC(C(=O)NCCN)C1. The molecule has 0 aromatic rings. The highest BCUT2D eigenvalue weighted by Gasteiger charge is 2.32. The van der Waals surface area contributed by atoms with Crippen molar-refractivity contribution in [3.05, 3.63) is 0 Å². The van der Waals surface area contributed by atoms with Crippen molar-refractivity contribution < 1.29 is 9.59 Å². The fraction of sp³-hybridized carbons (Fsp3) is 0.889. The fourth-order valence-corrected chi connectivity index (χ4v) is 4.08. The van der Waals surface area contributed by atoms with Gasteiger partial charge in [0.15, 0.2) is 0 Å². The molecule has 5 nitrogen and oxygen atoms in total. The topological polar surface area (TPSA) is 75.4 Å². The van der Waals surface area contributed by atoms with Gasteiger partial charge in [0.2, 0.25) is 11.8 Å². The Labute approximate surface area is 140 Å². The monoisotopic (exact) mass is 323 g/mol. The van der Waals surface area contributed by atoms with Crippen LogP contribution in [0.25, 0.3) is 0 Å². The van der Waals surface area contributed by atoms with Gasteiger partial charge < -0.3 is 16.0 Å². The van der Waals surface area contributed by atoms with Crippen molar-refractivity contribution in [2.75, 3.05) is 26.2 Å². The summed E-state index contributed by atoms with van der Waals surface area (Å²) in [6.45, 7) is 4.48. The third-order valence-electron chi connectivity index (χ3n) is 5.48. The van der Waals surface area contributed by atoms with Crippen LogP contribution in [0.5, 0.6) is 0 Å². The summed E-state index contributed by atoms with van der Waals surface area (Å²) < 4.78 is 0. The van der Waals surface area contributed by atoms with Gasteiger partial charge >= 0.3 is 0 Å². The Kier molecular flexibility index (Phi) is 7.34. The molecular weight excluding hydrogens is 290 g/mol. The maximum Gasteiger partial charge on any atom is 0.225 e. The summed E-state index contributed by atoms with van der Waals surface area (Å²) in [5.74, 6) is 1.14. The van der Waals surface area contributed by atoms with Crippen LogP contribution in [-0.2, 0) is 9.59 Å². The van der Waals surface area contributed by atoms with Crippen molar-refractivity contribution in [2.24, 2.45) is 23.5 Å². The first kappa shape index (κ1) is 18.2. The van der Waals surface area contributed by atoms with E-state index in [0.717, 1.165) is 38.1 Å². The minimum atomic E-state index is -0.0664. The number of carbonyl (C=O) groups excluding carboxylic acids is 2. The number of carbonyl (C=O) groups is 2. The van der Waals surface area contributed by atoms with E-state index in [9.17, 15) is 9.59 Å². The van der Waals surface area contributed by atoms with Crippen molar-refractivity contribution in [1.29, 1.82) is 0 Å². The lowest BCUT2D eigenvalue weighted by atomic mass is 9.89. The van der Waals surface area contributed by atoms with Gasteiger partial charge in [-0.3, -0.25) is 9.59 Å². The molecule has 0 aromatic heterocycles. The van der Waals surface area contributed by atoms with E-state index in [1.807, 2.05) is 4.90 Å². The van der Waals surface area contributed by atoms with Crippen LogP contribution in [0.15, 0.2) is 0 Å². The Morgan fingerprint density at radius 2 is 1.96 bits per heavy atom. The Morgan fingerprint density at radius 1 is 1.22 bits per heavy atom. The van der Waals surface area contributed by atoms with E-state index in [1.165, 1.54) is 25.7 Å². The van der Waals surface area contributed by atoms with Gasteiger partial charge in [0.25, 0.3) is 0 Å². The van der Waals surface area contributed by atoms with Crippen LogP contribution in [-0.4, -0.2) is 42.9 Å². The Morgan fingerprint density at radius 3 is 2.61 bits per heavy atom. The molecule has 2 aliphatic rings. The zero-order chi connectivity index (χ0) is 16.7. The number of hydrogen-bond donors (Lipinski definition) is 2. The van der Waals surface area contributed by atoms with E-state index in [0.29, 0.717) is 19.6 Å². The van der Waals surface area contributed by atoms with E-state index in [-0.39, 0.29) is 23.7 Å². The molecule has 1 aliphatic carbocycles. The normalized spacial score (nSPS) is 23.7. The van der Waals surface area contributed by atoms with Gasteiger partial charge in [-0.1, -0.05) is 32.6 Å². The van der Waals surface area contributed by atoms with E-state index in [2.05, 4.69) is 12.2 Å². The Balaban J connectivity index is 1.87. The molecule has 23 heavy (non-hydrogen) atoms. The van der Waals surface area contributed by atoms with Gasteiger partial charge in [0.05, 0.1) is 5.92 Å². The fourth-order valence-electron chi connectivity index (χ4n) is 4.08. The molecule has 2 fully saturated rings. The quantitative estimate of drug-likeness (QED) is 0.751. The minimum Gasteiger partial charge on any atom is -0.355 e. The number of hydrogen-bond acceptors (Lipinski definition) is 3. The summed E-state index contributed by atoms with van der Waals surface area (Å²) in [5, 5.41) is 2.86. The predicted molar refractivity (Wildman–Crippen MR) is 91.7 cm³/mol. The Hall–Kier alpha value is -1.10. The molecule has 1 saturated carbocycles. The summed E-state index contributed by atoms with van der Waals surface area (Å²) in [7, 11) is 0. The van der Waals surface area contributed by atoms with Crippen molar-refractivity contribution >= 4 is 11.8 Å². The van der Waals surface area contributed by atoms with Crippen LogP contribution in [0.2, 0.25) is 0 Å². The maximum absolute atomic E-state index is 12.9. The molecule has 2 rings (SSSR count). The van der Waals surface area contributed by atoms with Crippen LogP contribution in [0, 0.1) is 17.8 Å². The third-order valence-corrected chi connectivity index (χ3v) is 5.48. The number of rotatable bonds is 7. The second kappa shape index (κ2) is 9.26. The smallest absolute Gasteiger partial charge is 0.225 e. The number of piperidine rings is 1. The van der Waals surface area contributed by atoms with Gasteiger partial charge in [-0.05, 0) is 31.6 Å². The largest absolute Gasteiger partial charge is 0.355 e. The number of nitrogens with two attached hydrogens (primary N) is 1. The molecule has 132 valence electrons. The average Bonchev–Trinajstić information content (AvgIpc) is 3.10. The number of nitrogens with one attached hydrogen (secondary N) is 1. The molecule has 2 amide bonds. The molecule has 0 radical (unpaired) electrons. The molecule has 0 spiro atoms. The van der Waals surface area contributed by atoms with Crippen LogP contribution >= 0.6 is 0 Å². The highest BCUT2D eigenvalue weighted by Crippen LogP contribution is 2.32. The van der Waals surface area contributed by atoms with E-state index < -0.39 is 0 Å². The zero-order valence-corrected chi connectivity index (χ0v) is 14.6. The molecule has 3 N–H and O–H groups in total. The molecular formula is C18H33N3O2. The van der Waals surface area contributed by atoms with E-state index in [4.69, 9.17) is 5.73 Å². The van der Waals surface area contributed by atoms with Gasteiger partial charge in [-0.25, -0.2) is 0 Å². The van der Waals surface area contributed by atoms with Gasteiger partial charge in [-0.2, -0.15) is 0 Å². The van der Waals surface area contributed by atoms with E-state index in [1.54, 1.807) is 0 Å². The second-order valence-electron chi connectivity index (χ2n) is 7.19. The number of amides is 2. The average molecular weight is 323 g/mol. The van der Waals surface area contributed by atoms with Gasteiger partial charge in [0.1, 0.15) is 0 Å². The number of likely N-dealkylation sites (tertiary alicyclic amines) is 1. The summed E-state index contributed by atoms with van der Waals surface area (Å²) in [5.41, 5.74) is 5.44. The maximum atomic E-state index is 12.9. The molecule has 5 heteroatoms. The summed E-state index contributed by atoms with van der Waals surface area (Å²) in [4.78, 5) is 27.0. The molecule has 2 unspecified atom stereocenters. The Bertz CT molecular complexity index is 394. The lowest BCUT2D eigenvalue weighted by molar-refractivity contribution is -0.140. The van der Waals surface area contributed by atoms with Gasteiger partial charge in [0, 0.05) is 32.1 Å². The first-order valence-corrected chi connectivity index (χ1v) is 9.42. The van der Waals surface area contributed by atoms with Gasteiger partial charge in [-0.15, -0.1) is 0 Å². The second-order valence-corrected chi connectivity index (χ2v) is 7.19. The van der Waals surface area contributed by atoms with Crippen LogP contribution in [0.3, 0.4) is 0 Å². The van der Waals surface area contributed by atoms with Crippen LogP contribution < -0.4 is 11.1 Å². The van der Waals surface area contributed by atoms with E-state index >= 15 is 0 Å². The molecule has 1 heterocycles. The third kappa shape index (κ3) is 5.20. The summed E-state index contributed by atoms with van der Waals surface area (Å²) in [6.07, 6.45) is 8.96. The minimum absolute atomic E-state index is 0.0526. The highest BCUT2D eigenvalue weighted by molar-refractivity contribution is 5.82. The first-order valence-electron chi connectivity index (χ1n) is 9.42. The zero-order valence-electron chi connectivity index (χ0n) is 14.6. The molecule has 1 aliphatic heterocycles. The molecule has 0 bridgehead atoms. The lowest BCUT2D eigenvalue weighted by Gasteiger charge is -2.34. The summed E-state index contributed by atoms with van der Waals surface area (Å²) in [6, 6.07) is 0. The van der Waals surface area contributed by atoms with Crippen molar-refractivity contribution in [3.63, 3.8) is 0 Å². The first-order chi connectivity index (χ1) is 11.2. The summed E-state index contributed by atoms with van der Waals surface area (Å²) >= 11 is 0. The van der Waals surface area contributed by atoms with Crippen LogP contribution in [0.4, 0.5) is 0 Å². The lowest BCUT2D eigenvalue weighted by Crippen LogP contribution is -2.48. The molecule has 2 atom stereocenters. The molecule has 0 aromatic carbocycles. The van der Waals surface area contributed by atoms with Crippen molar-refractivity contribution in [3.8, 4) is 0 Å². The van der Waals surface area contributed by atoms with Crippen molar-refractivity contribution in [2.45, 2.75) is 58.3 Å². The predicted octanol–water partition coefficient (Wildman–Crippen LogP) is 1.91.